The SMILES string of the molecule is COc1cc(S(=O)(=O)NCc2ccnn2C)ccc1F. The lowest BCUT2D eigenvalue weighted by Crippen LogP contribution is -2.24. The Balaban J connectivity index is 2.20. The number of nitrogens with zero attached hydrogens (tertiary/aromatic N) is 2. The topological polar surface area (TPSA) is 73.2 Å². The summed E-state index contributed by atoms with van der Waals surface area (Å²) in [7, 11) is -0.752. The van der Waals surface area contributed by atoms with E-state index in [2.05, 4.69) is 9.82 Å². The zero-order chi connectivity index (χ0) is 14.8. The number of benzene rings is 1. The Morgan fingerprint density at radius 3 is 2.75 bits per heavy atom. The first-order valence-corrected chi connectivity index (χ1v) is 7.22. The van der Waals surface area contributed by atoms with Gasteiger partial charge in [0, 0.05) is 19.3 Å². The molecule has 2 rings (SSSR count). The molecule has 2 aromatic rings. The third-order valence-electron chi connectivity index (χ3n) is 2.80. The zero-order valence-corrected chi connectivity index (χ0v) is 11.8. The third-order valence-corrected chi connectivity index (χ3v) is 4.20. The first kappa shape index (κ1) is 14.5. The van der Waals surface area contributed by atoms with E-state index >= 15 is 0 Å². The Kier molecular flexibility index (Phi) is 4.05. The van der Waals surface area contributed by atoms with Crippen molar-refractivity contribution in [3.05, 3.63) is 42.0 Å². The first-order chi connectivity index (χ1) is 9.44. The number of ether oxygens (including phenoxy) is 1. The van der Waals surface area contributed by atoms with E-state index in [0.29, 0.717) is 5.69 Å². The average Bonchev–Trinajstić information content (AvgIpc) is 2.82. The van der Waals surface area contributed by atoms with Gasteiger partial charge in [0.2, 0.25) is 10.0 Å². The van der Waals surface area contributed by atoms with Gasteiger partial charge in [0.15, 0.2) is 11.6 Å². The monoisotopic (exact) mass is 299 g/mol. The predicted molar refractivity (Wildman–Crippen MR) is 70.2 cm³/mol. The van der Waals surface area contributed by atoms with Crippen molar-refractivity contribution in [3.63, 3.8) is 0 Å². The fourth-order valence-corrected chi connectivity index (χ4v) is 2.65. The molecule has 20 heavy (non-hydrogen) atoms. The van der Waals surface area contributed by atoms with E-state index in [1.807, 2.05) is 0 Å². The summed E-state index contributed by atoms with van der Waals surface area (Å²) in [5.74, 6) is -0.730. The second-order valence-corrected chi connectivity index (χ2v) is 5.83. The maximum atomic E-state index is 13.3. The molecule has 6 nitrogen and oxygen atoms in total. The normalized spacial score (nSPS) is 11.6. The molecule has 1 N–H and O–H groups in total. The summed E-state index contributed by atoms with van der Waals surface area (Å²) in [4.78, 5) is -0.0575. The molecule has 0 aliphatic heterocycles. The lowest BCUT2D eigenvalue weighted by atomic mass is 10.3. The molecule has 0 radical (unpaired) electrons. The van der Waals surface area contributed by atoms with Gasteiger partial charge in [0.05, 0.1) is 24.2 Å². The molecule has 0 amide bonds. The zero-order valence-electron chi connectivity index (χ0n) is 11.0. The number of aryl methyl sites for hydroxylation is 1. The van der Waals surface area contributed by atoms with Crippen molar-refractivity contribution >= 4 is 10.0 Å². The number of hydrogen-bond acceptors (Lipinski definition) is 4. The van der Waals surface area contributed by atoms with Gasteiger partial charge in [-0.1, -0.05) is 0 Å². The lowest BCUT2D eigenvalue weighted by Gasteiger charge is -2.09. The van der Waals surface area contributed by atoms with Crippen molar-refractivity contribution < 1.29 is 17.5 Å². The van der Waals surface area contributed by atoms with Crippen LogP contribution in [0.5, 0.6) is 5.75 Å². The summed E-state index contributed by atoms with van der Waals surface area (Å²) in [6, 6.07) is 5.08. The molecule has 0 fully saturated rings. The third kappa shape index (κ3) is 2.97. The molecule has 8 heteroatoms. The number of rotatable bonds is 5. The Morgan fingerprint density at radius 1 is 1.40 bits per heavy atom. The van der Waals surface area contributed by atoms with Gasteiger partial charge >= 0.3 is 0 Å². The van der Waals surface area contributed by atoms with Gasteiger partial charge in [-0.3, -0.25) is 4.68 Å². The van der Waals surface area contributed by atoms with Crippen LogP contribution in [0.4, 0.5) is 4.39 Å². The van der Waals surface area contributed by atoms with Crippen LogP contribution in [0.2, 0.25) is 0 Å². The van der Waals surface area contributed by atoms with Crippen LogP contribution in [0.15, 0.2) is 35.4 Å². The number of hydrogen-bond donors (Lipinski definition) is 1. The van der Waals surface area contributed by atoms with Gasteiger partial charge in [-0.2, -0.15) is 5.10 Å². The number of nitrogens with one attached hydrogen (secondary N) is 1. The van der Waals surface area contributed by atoms with Gasteiger partial charge in [0.1, 0.15) is 0 Å². The highest BCUT2D eigenvalue weighted by atomic mass is 32.2. The molecule has 1 heterocycles. The van der Waals surface area contributed by atoms with Gasteiger partial charge in [-0.05, 0) is 18.2 Å². The van der Waals surface area contributed by atoms with E-state index in [1.165, 1.54) is 13.2 Å². The van der Waals surface area contributed by atoms with Gasteiger partial charge in [-0.25, -0.2) is 17.5 Å². The average molecular weight is 299 g/mol. The van der Waals surface area contributed by atoms with Crippen LogP contribution >= 0.6 is 0 Å². The second kappa shape index (κ2) is 5.59. The van der Waals surface area contributed by atoms with Gasteiger partial charge < -0.3 is 4.74 Å². The Labute approximate surface area is 116 Å². The summed E-state index contributed by atoms with van der Waals surface area (Å²) >= 11 is 0. The number of aromatic nitrogens is 2. The minimum absolute atomic E-state index is 0.0575. The lowest BCUT2D eigenvalue weighted by molar-refractivity contribution is 0.385. The Hall–Kier alpha value is -1.93. The molecule has 0 aliphatic carbocycles. The molecule has 1 aromatic heterocycles. The predicted octanol–water partition coefficient (Wildman–Crippen LogP) is 1.05. The first-order valence-electron chi connectivity index (χ1n) is 5.74. The molecule has 1 aromatic carbocycles. The van der Waals surface area contributed by atoms with Crippen LogP contribution in [0.25, 0.3) is 0 Å². The minimum atomic E-state index is -3.74. The molecule has 0 saturated carbocycles. The fraction of sp³-hybridized carbons (Fsp3) is 0.250. The molecule has 0 unspecified atom stereocenters. The largest absolute Gasteiger partial charge is 0.494 e. The number of sulfonamides is 1. The summed E-state index contributed by atoms with van der Waals surface area (Å²) in [5.41, 5.74) is 0.711. The fourth-order valence-electron chi connectivity index (χ4n) is 1.63. The van der Waals surface area contributed by atoms with Crippen LogP contribution in [-0.2, 0) is 23.6 Å². The molecule has 108 valence electrons. The molecular weight excluding hydrogens is 285 g/mol. The van der Waals surface area contributed by atoms with Gasteiger partial charge in [0.25, 0.3) is 0 Å². The van der Waals surface area contributed by atoms with E-state index in [0.717, 1.165) is 12.1 Å². The van der Waals surface area contributed by atoms with E-state index in [1.54, 1.807) is 24.0 Å². The minimum Gasteiger partial charge on any atom is -0.494 e. The molecule has 0 spiro atoms. The molecular formula is C12H14FN3O3S. The molecule has 0 saturated heterocycles. The van der Waals surface area contributed by atoms with Crippen LogP contribution < -0.4 is 9.46 Å². The van der Waals surface area contributed by atoms with E-state index in [9.17, 15) is 12.8 Å². The maximum Gasteiger partial charge on any atom is 0.241 e. The van der Waals surface area contributed by atoms with Crippen molar-refractivity contribution in [3.8, 4) is 5.75 Å². The van der Waals surface area contributed by atoms with Gasteiger partial charge in [-0.15, -0.1) is 0 Å². The number of halogens is 1. The highest BCUT2D eigenvalue weighted by molar-refractivity contribution is 7.89. The summed E-state index contributed by atoms with van der Waals surface area (Å²) in [6.07, 6.45) is 1.57. The standard InChI is InChI=1S/C12H14FN3O3S/c1-16-9(5-6-14-16)8-15-20(17,18)10-3-4-11(13)12(7-10)19-2/h3-7,15H,8H2,1-2H3. The van der Waals surface area contributed by atoms with E-state index in [-0.39, 0.29) is 17.2 Å². The summed E-state index contributed by atoms with van der Waals surface area (Å²) in [6.45, 7) is 0.0958. The quantitative estimate of drug-likeness (QED) is 0.895. The summed E-state index contributed by atoms with van der Waals surface area (Å²) in [5, 5.41) is 3.94. The maximum absolute atomic E-state index is 13.3. The van der Waals surface area contributed by atoms with Crippen molar-refractivity contribution in [1.82, 2.24) is 14.5 Å². The van der Waals surface area contributed by atoms with Crippen molar-refractivity contribution in [2.45, 2.75) is 11.4 Å². The second-order valence-electron chi connectivity index (χ2n) is 4.07. The Bertz CT molecular complexity index is 712. The van der Waals surface area contributed by atoms with Crippen molar-refractivity contribution in [1.29, 1.82) is 0 Å². The van der Waals surface area contributed by atoms with E-state index in [4.69, 9.17) is 4.74 Å². The van der Waals surface area contributed by atoms with Crippen LogP contribution in [0.3, 0.4) is 0 Å². The molecule has 0 atom stereocenters. The summed E-state index contributed by atoms with van der Waals surface area (Å²) < 4.78 is 46.2. The highest BCUT2D eigenvalue weighted by Gasteiger charge is 2.17. The smallest absolute Gasteiger partial charge is 0.241 e. The Morgan fingerprint density at radius 2 is 2.15 bits per heavy atom. The van der Waals surface area contributed by atoms with Crippen LogP contribution in [-0.4, -0.2) is 25.3 Å². The number of methoxy groups -OCH3 is 1. The van der Waals surface area contributed by atoms with Crippen LogP contribution in [0.1, 0.15) is 5.69 Å². The van der Waals surface area contributed by atoms with Crippen molar-refractivity contribution in [2.24, 2.45) is 7.05 Å². The molecule has 0 aliphatic rings. The van der Waals surface area contributed by atoms with Crippen LogP contribution in [0, 0.1) is 5.82 Å². The van der Waals surface area contributed by atoms with E-state index < -0.39 is 15.8 Å². The van der Waals surface area contributed by atoms with Crippen molar-refractivity contribution in [2.75, 3.05) is 7.11 Å². The highest BCUT2D eigenvalue weighted by Crippen LogP contribution is 2.21. The molecule has 0 bridgehead atoms.